The Balaban J connectivity index is 1.58. The Bertz CT molecular complexity index is 1290. The Kier molecular flexibility index (Phi) is 8.82. The zero-order valence-electron chi connectivity index (χ0n) is 20.3. The highest BCUT2D eigenvalue weighted by Gasteiger charge is 2.18. The monoisotopic (exact) mass is 485 g/mol. The number of hydrogen-bond donors (Lipinski definition) is 2. The van der Waals surface area contributed by atoms with Crippen molar-refractivity contribution in [3.8, 4) is 5.75 Å². The van der Waals surface area contributed by atoms with Crippen LogP contribution in [0, 0.1) is 0 Å². The zero-order chi connectivity index (χ0) is 25.4. The molecule has 2 N–H and O–H groups in total. The summed E-state index contributed by atoms with van der Waals surface area (Å²) >= 11 is 0. The van der Waals surface area contributed by atoms with Crippen molar-refractivity contribution in [3.63, 3.8) is 0 Å². The van der Waals surface area contributed by atoms with E-state index in [2.05, 4.69) is 22.2 Å². The van der Waals surface area contributed by atoms with Gasteiger partial charge in [-0.25, -0.2) is 9.78 Å². The third-order valence-corrected chi connectivity index (χ3v) is 5.48. The van der Waals surface area contributed by atoms with Crippen molar-refractivity contribution < 1.29 is 19.1 Å². The second kappa shape index (κ2) is 12.0. The first-order valence-corrected chi connectivity index (χ1v) is 11.7. The van der Waals surface area contributed by atoms with Crippen LogP contribution in [0.1, 0.15) is 55.7 Å². The van der Waals surface area contributed by atoms with Gasteiger partial charge in [0.05, 0.1) is 6.61 Å². The number of nitrogens with one attached hydrogen (secondary N) is 2. The van der Waals surface area contributed by atoms with E-state index < -0.39 is 23.1 Å². The summed E-state index contributed by atoms with van der Waals surface area (Å²) in [6.45, 7) is 4.55. The third kappa shape index (κ3) is 6.37. The van der Waals surface area contributed by atoms with Crippen LogP contribution in [0.5, 0.6) is 5.75 Å². The summed E-state index contributed by atoms with van der Waals surface area (Å²) in [7, 11) is 1.61. The number of imidazole rings is 1. The van der Waals surface area contributed by atoms with Gasteiger partial charge in [0.2, 0.25) is 0 Å². The summed E-state index contributed by atoms with van der Waals surface area (Å²) in [5.74, 6) is -0.103. The molecule has 2 heterocycles. The number of nitrogens with zero attached hydrogens (tertiary/aromatic N) is 3. The molecule has 35 heavy (non-hydrogen) atoms. The first kappa shape index (κ1) is 25.7. The summed E-state index contributed by atoms with van der Waals surface area (Å²) < 4.78 is 13.7. The van der Waals surface area contributed by atoms with Gasteiger partial charge in [0.25, 0.3) is 11.5 Å². The van der Waals surface area contributed by atoms with Gasteiger partial charge in [0.15, 0.2) is 11.2 Å². The molecule has 0 aliphatic heterocycles. The van der Waals surface area contributed by atoms with Crippen molar-refractivity contribution in [1.29, 1.82) is 0 Å². The molecule has 0 aliphatic rings. The molecule has 0 bridgehead atoms. The summed E-state index contributed by atoms with van der Waals surface area (Å²) in [5, 5.41) is 2.51. The quantitative estimate of drug-likeness (QED) is 0.295. The Hall–Kier alpha value is -3.89. The van der Waals surface area contributed by atoms with E-state index in [4.69, 9.17) is 9.47 Å². The maximum Gasteiger partial charge on any atom is 0.330 e. The van der Waals surface area contributed by atoms with Crippen molar-refractivity contribution in [3.05, 3.63) is 56.5 Å². The van der Waals surface area contributed by atoms with Crippen LogP contribution in [0.15, 0.2) is 33.9 Å². The Labute approximate surface area is 202 Å². The van der Waals surface area contributed by atoms with E-state index in [-0.39, 0.29) is 24.3 Å². The topological polar surface area (TPSA) is 137 Å². The lowest BCUT2D eigenvalue weighted by atomic mass is 10.2. The number of unbranched alkanes of at least 4 members (excludes halogenated alkanes) is 2. The number of carbonyl (C=O) groups excluding carboxylic acids is 2. The molecule has 0 atom stereocenters. The molecule has 0 unspecified atom stereocenters. The van der Waals surface area contributed by atoms with Gasteiger partial charge in [0.1, 0.15) is 24.7 Å². The Morgan fingerprint density at radius 2 is 1.80 bits per heavy atom. The number of hydrogen-bond acceptors (Lipinski definition) is 7. The van der Waals surface area contributed by atoms with E-state index >= 15 is 0 Å². The predicted octanol–water partition coefficient (Wildman–Crippen LogP) is 1.88. The van der Waals surface area contributed by atoms with Gasteiger partial charge in [-0.05, 0) is 37.1 Å². The smallest absolute Gasteiger partial charge is 0.330 e. The highest BCUT2D eigenvalue weighted by atomic mass is 16.5. The molecule has 2 aromatic heterocycles. The van der Waals surface area contributed by atoms with Crippen molar-refractivity contribution in [2.45, 2.75) is 52.7 Å². The molecule has 0 saturated heterocycles. The molecular weight excluding hydrogens is 454 g/mol. The lowest BCUT2D eigenvalue weighted by molar-refractivity contribution is -0.143. The van der Waals surface area contributed by atoms with E-state index in [0.717, 1.165) is 25.7 Å². The molecule has 0 saturated carbocycles. The second-order valence-corrected chi connectivity index (χ2v) is 8.09. The summed E-state index contributed by atoms with van der Waals surface area (Å²) in [6, 6.07) is 6.65. The number of amides is 1. The van der Waals surface area contributed by atoms with Crippen molar-refractivity contribution in [1.82, 2.24) is 24.4 Å². The van der Waals surface area contributed by atoms with E-state index in [0.29, 0.717) is 30.3 Å². The molecule has 0 fully saturated rings. The number of benzene rings is 1. The van der Waals surface area contributed by atoms with E-state index in [1.54, 1.807) is 31.3 Å². The van der Waals surface area contributed by atoms with Crippen molar-refractivity contribution in [2.24, 2.45) is 7.05 Å². The molecule has 0 aliphatic carbocycles. The third-order valence-electron chi connectivity index (χ3n) is 5.48. The lowest BCUT2D eigenvalue weighted by Gasteiger charge is -2.08. The minimum Gasteiger partial charge on any atom is -0.494 e. The van der Waals surface area contributed by atoms with Crippen LogP contribution >= 0.6 is 0 Å². The highest BCUT2D eigenvalue weighted by molar-refractivity contribution is 5.96. The number of aromatic nitrogens is 4. The Morgan fingerprint density at radius 3 is 2.49 bits per heavy atom. The maximum absolute atomic E-state index is 12.3. The number of aryl methyl sites for hydroxylation is 2. The van der Waals surface area contributed by atoms with Crippen LogP contribution in [-0.2, 0) is 29.7 Å². The standard InChI is InChI=1S/C24H31N5O6/c1-4-6-12-29-21-20(23(32)27-24(29)33)28(3)18(26-21)15-35-19(30)14-25-22(31)16-8-10-17(11-9-16)34-13-7-5-2/h8-11H,4-7,12-15H2,1-3H3,(H,25,31)(H,27,32,33). The van der Waals surface area contributed by atoms with Gasteiger partial charge in [-0.1, -0.05) is 26.7 Å². The number of rotatable bonds is 12. The summed E-state index contributed by atoms with van der Waals surface area (Å²) in [6.07, 6.45) is 3.60. The van der Waals surface area contributed by atoms with Gasteiger partial charge in [-0.3, -0.25) is 23.9 Å². The lowest BCUT2D eigenvalue weighted by Crippen LogP contribution is -2.31. The van der Waals surface area contributed by atoms with Gasteiger partial charge in [-0.2, -0.15) is 0 Å². The first-order valence-electron chi connectivity index (χ1n) is 11.7. The maximum atomic E-state index is 12.3. The zero-order valence-corrected chi connectivity index (χ0v) is 20.3. The molecule has 3 rings (SSSR count). The number of ether oxygens (including phenoxy) is 2. The predicted molar refractivity (Wildman–Crippen MR) is 129 cm³/mol. The van der Waals surface area contributed by atoms with Crippen molar-refractivity contribution in [2.75, 3.05) is 13.2 Å². The van der Waals surface area contributed by atoms with E-state index in [9.17, 15) is 19.2 Å². The fraction of sp³-hybridized carbons (Fsp3) is 0.458. The van der Waals surface area contributed by atoms with E-state index in [1.807, 2.05) is 6.92 Å². The summed E-state index contributed by atoms with van der Waals surface area (Å²) in [5.41, 5.74) is -0.223. The molecule has 0 radical (unpaired) electrons. The number of H-pyrrole nitrogens is 1. The number of fused-ring (bicyclic) bond motifs is 1. The number of carbonyl (C=O) groups is 2. The van der Waals surface area contributed by atoms with Gasteiger partial charge >= 0.3 is 11.7 Å². The number of aromatic amines is 1. The van der Waals surface area contributed by atoms with Gasteiger partial charge in [0, 0.05) is 19.2 Å². The molecular formula is C24H31N5O6. The molecule has 188 valence electrons. The average Bonchev–Trinajstić information content (AvgIpc) is 3.18. The minimum absolute atomic E-state index is 0.217. The molecule has 11 heteroatoms. The van der Waals surface area contributed by atoms with Gasteiger partial charge in [-0.15, -0.1) is 0 Å². The van der Waals surface area contributed by atoms with Crippen LogP contribution in [-0.4, -0.2) is 44.1 Å². The second-order valence-electron chi connectivity index (χ2n) is 8.09. The minimum atomic E-state index is -0.665. The largest absolute Gasteiger partial charge is 0.494 e. The van der Waals surface area contributed by atoms with Crippen molar-refractivity contribution >= 4 is 23.0 Å². The summed E-state index contributed by atoms with van der Waals surface area (Å²) in [4.78, 5) is 55.7. The molecule has 1 aromatic carbocycles. The first-order chi connectivity index (χ1) is 16.8. The molecule has 0 spiro atoms. The number of esters is 1. The van der Waals surface area contributed by atoms with Crippen LogP contribution in [0.3, 0.4) is 0 Å². The highest BCUT2D eigenvalue weighted by Crippen LogP contribution is 2.13. The Morgan fingerprint density at radius 1 is 1.09 bits per heavy atom. The van der Waals surface area contributed by atoms with Crippen LogP contribution in [0.4, 0.5) is 0 Å². The molecule has 11 nitrogen and oxygen atoms in total. The SMILES string of the molecule is CCCCOc1ccc(C(=O)NCC(=O)OCc2nc3c(c(=O)[nH]c(=O)n3CCCC)n2C)cc1. The van der Waals surface area contributed by atoms with Crippen LogP contribution in [0.25, 0.3) is 11.2 Å². The van der Waals surface area contributed by atoms with Gasteiger partial charge < -0.3 is 19.4 Å². The average molecular weight is 486 g/mol. The van der Waals surface area contributed by atoms with E-state index in [1.165, 1.54) is 9.13 Å². The van der Waals surface area contributed by atoms with Crippen LogP contribution < -0.4 is 21.3 Å². The fourth-order valence-corrected chi connectivity index (χ4v) is 3.43. The normalized spacial score (nSPS) is 10.9. The molecule has 1 amide bonds. The fourth-order valence-electron chi connectivity index (χ4n) is 3.43. The molecule has 3 aromatic rings. The van der Waals surface area contributed by atoms with Crippen LogP contribution in [0.2, 0.25) is 0 Å².